The van der Waals surface area contributed by atoms with Crippen LogP contribution in [-0.2, 0) is 30.7 Å². The summed E-state index contributed by atoms with van der Waals surface area (Å²) in [5, 5.41) is 0. The maximum atomic E-state index is 3.39. The van der Waals surface area contributed by atoms with E-state index in [1.54, 1.807) is 0 Å². The van der Waals surface area contributed by atoms with Crippen molar-refractivity contribution in [3.63, 3.8) is 0 Å². The van der Waals surface area contributed by atoms with E-state index in [1.165, 1.54) is 68.8 Å². The summed E-state index contributed by atoms with van der Waals surface area (Å²) >= 11 is 1.30. The molecule has 0 nitrogen and oxygen atoms in total. The van der Waals surface area contributed by atoms with Gasteiger partial charge in [0.1, 0.15) is 0 Å². The van der Waals surface area contributed by atoms with E-state index in [0.717, 1.165) is 6.42 Å². The van der Waals surface area contributed by atoms with Crippen molar-refractivity contribution >= 4 is 9.78 Å². The molecule has 2 aliphatic rings. The molecule has 182 valence electrons. The first-order chi connectivity index (χ1) is 17.1. The first-order valence-electron chi connectivity index (χ1n) is 11.9. The SMILES string of the molecule is CC1=[C-]C(C)C=C1c1ccccc1.Cc1cc[c-]cc1.[CH2]=[Zr].[CH3-].[c-]1cccc2c1Cc1ccccc1-2. The molecule has 0 N–H and O–H groups in total. The van der Waals surface area contributed by atoms with Crippen LogP contribution in [-0.4, -0.2) is 4.21 Å². The minimum Gasteiger partial charge on any atom is -0.358 e. The first-order valence-corrected chi connectivity index (χ1v) is 13.6. The zero-order chi connectivity index (χ0) is 25.0. The van der Waals surface area contributed by atoms with E-state index in [9.17, 15) is 0 Å². The van der Waals surface area contributed by atoms with E-state index in [-0.39, 0.29) is 7.43 Å². The van der Waals surface area contributed by atoms with Crippen molar-refractivity contribution in [2.24, 2.45) is 5.92 Å². The van der Waals surface area contributed by atoms with Gasteiger partial charge < -0.3 is 7.43 Å². The van der Waals surface area contributed by atoms with Crippen LogP contribution in [0.15, 0.2) is 109 Å². The molecule has 0 aromatic heterocycles. The zero-order valence-electron chi connectivity index (χ0n) is 21.8. The monoisotopic (exact) mass is 544 g/mol. The summed E-state index contributed by atoms with van der Waals surface area (Å²) in [5.74, 6) is 0.468. The molecular formula is C35H34Zr-4. The van der Waals surface area contributed by atoms with Gasteiger partial charge in [-0.3, -0.25) is 6.08 Å². The minimum absolute atomic E-state index is 0. The van der Waals surface area contributed by atoms with Gasteiger partial charge in [0.25, 0.3) is 0 Å². The number of benzene rings is 4. The van der Waals surface area contributed by atoms with Crippen LogP contribution in [0.4, 0.5) is 0 Å². The van der Waals surface area contributed by atoms with E-state index >= 15 is 0 Å². The molecule has 0 saturated carbocycles. The van der Waals surface area contributed by atoms with Crippen molar-refractivity contribution in [1.82, 2.24) is 0 Å². The molecule has 0 fully saturated rings. The molecule has 1 heteroatoms. The third-order valence-electron chi connectivity index (χ3n) is 5.85. The molecule has 0 radical (unpaired) electrons. The largest absolute Gasteiger partial charge is 0.358 e. The summed E-state index contributed by atoms with van der Waals surface area (Å²) in [4.78, 5) is 0. The minimum atomic E-state index is 0. The van der Waals surface area contributed by atoms with Gasteiger partial charge in [0.05, 0.1) is 0 Å². The molecule has 0 saturated heterocycles. The molecule has 1 atom stereocenters. The quantitative estimate of drug-likeness (QED) is 0.185. The van der Waals surface area contributed by atoms with Crippen LogP contribution in [0.1, 0.15) is 36.1 Å². The predicted octanol–water partition coefficient (Wildman–Crippen LogP) is 8.74. The van der Waals surface area contributed by atoms with Gasteiger partial charge in [-0.05, 0) is 6.42 Å². The van der Waals surface area contributed by atoms with Crippen LogP contribution in [0.2, 0.25) is 0 Å². The van der Waals surface area contributed by atoms with Crippen molar-refractivity contribution in [3.8, 4) is 11.1 Å². The Kier molecular flexibility index (Phi) is 12.5. The Bertz CT molecular complexity index is 1220. The summed E-state index contributed by atoms with van der Waals surface area (Å²) in [7, 11) is 0. The number of aryl methyl sites for hydroxylation is 1. The topological polar surface area (TPSA) is 0 Å². The van der Waals surface area contributed by atoms with Crippen molar-refractivity contribution < 1.29 is 24.2 Å². The Labute approximate surface area is 233 Å². The zero-order valence-corrected chi connectivity index (χ0v) is 24.3. The average molecular weight is 546 g/mol. The predicted molar refractivity (Wildman–Crippen MR) is 153 cm³/mol. The normalized spacial score (nSPS) is 13.9. The summed E-state index contributed by atoms with van der Waals surface area (Å²) in [6.07, 6.45) is 6.71. The second-order valence-electron chi connectivity index (χ2n) is 8.48. The molecule has 0 amide bonds. The van der Waals surface area contributed by atoms with Gasteiger partial charge in [-0.25, -0.2) is 5.57 Å². The smallest absolute Gasteiger partial charge is 0.0253 e. The molecule has 36 heavy (non-hydrogen) atoms. The standard InChI is InChI=1S/C13H9.C13H13.C7H7.CH3.CH2.Zr/c1-3-7-12-10(5-1)9-11-6-2-4-8-13(11)12;1-10-8-11(2)13(9-10)12-6-4-3-5-7-12;1-7-5-3-2-4-6-7;;;/h1-5,7-8H,9H2;3-7,9-10H,1-2H3;3-6H,1H3;1H3;1H2;/q4*-1;;. The van der Waals surface area contributed by atoms with Gasteiger partial charge in [0.15, 0.2) is 0 Å². The molecule has 0 aliphatic heterocycles. The van der Waals surface area contributed by atoms with Crippen LogP contribution in [0.3, 0.4) is 0 Å². The van der Waals surface area contributed by atoms with Gasteiger partial charge in [-0.15, -0.1) is 11.1 Å². The van der Waals surface area contributed by atoms with Gasteiger partial charge in [-0.1, -0.05) is 92.4 Å². The van der Waals surface area contributed by atoms with E-state index in [1.807, 2.05) is 36.4 Å². The number of rotatable bonds is 1. The fourth-order valence-corrected chi connectivity index (χ4v) is 4.23. The van der Waals surface area contributed by atoms with E-state index < -0.39 is 0 Å². The van der Waals surface area contributed by atoms with Crippen molar-refractivity contribution in [3.05, 3.63) is 157 Å². The molecule has 4 aromatic rings. The molecular weight excluding hydrogens is 512 g/mol. The maximum absolute atomic E-state index is 3.39. The number of allylic oxidation sites excluding steroid dienone is 4. The number of fused-ring (bicyclic) bond motifs is 3. The second kappa shape index (κ2) is 15.3. The van der Waals surface area contributed by atoms with E-state index in [4.69, 9.17) is 0 Å². The average Bonchev–Trinajstić information content (AvgIpc) is 3.46. The first kappa shape index (κ1) is 29.3. The fourth-order valence-electron chi connectivity index (χ4n) is 4.23. The summed E-state index contributed by atoms with van der Waals surface area (Å²) in [6, 6.07) is 39.4. The van der Waals surface area contributed by atoms with Crippen LogP contribution < -0.4 is 0 Å². The Hall–Kier alpha value is -2.89. The van der Waals surface area contributed by atoms with Crippen LogP contribution >= 0.6 is 0 Å². The summed E-state index contributed by atoms with van der Waals surface area (Å²) < 4.78 is 3.34. The maximum Gasteiger partial charge on any atom is -0.0253 e. The molecule has 6 rings (SSSR count). The fraction of sp³-hybridized carbons (Fsp3) is 0.143. The summed E-state index contributed by atoms with van der Waals surface area (Å²) in [5.41, 5.74) is 10.7. The van der Waals surface area contributed by atoms with Crippen LogP contribution in [0.5, 0.6) is 0 Å². The van der Waals surface area contributed by atoms with Crippen molar-refractivity contribution in [2.75, 3.05) is 0 Å². The van der Waals surface area contributed by atoms with E-state index in [0.29, 0.717) is 5.92 Å². The van der Waals surface area contributed by atoms with Gasteiger partial charge in [0, 0.05) is 0 Å². The Balaban J connectivity index is 0.000000189. The number of hydrogen-bond donors (Lipinski definition) is 0. The summed E-state index contributed by atoms with van der Waals surface area (Å²) in [6.45, 7) is 6.36. The molecule has 0 bridgehead atoms. The number of hydrogen-bond acceptors (Lipinski definition) is 0. The molecule has 0 heterocycles. The van der Waals surface area contributed by atoms with Crippen LogP contribution in [0.25, 0.3) is 16.7 Å². The Morgan fingerprint density at radius 1 is 0.778 bits per heavy atom. The molecule has 2 aliphatic carbocycles. The van der Waals surface area contributed by atoms with Crippen molar-refractivity contribution in [1.29, 1.82) is 0 Å². The van der Waals surface area contributed by atoms with Crippen LogP contribution in [0, 0.1) is 38.5 Å². The van der Waals surface area contributed by atoms with Crippen molar-refractivity contribution in [2.45, 2.75) is 27.2 Å². The van der Waals surface area contributed by atoms with Gasteiger partial charge in [0.2, 0.25) is 0 Å². The second-order valence-corrected chi connectivity index (χ2v) is 8.48. The Morgan fingerprint density at radius 3 is 2.03 bits per heavy atom. The van der Waals surface area contributed by atoms with E-state index in [2.05, 4.69) is 110 Å². The Morgan fingerprint density at radius 2 is 1.42 bits per heavy atom. The molecule has 1 unspecified atom stereocenters. The van der Waals surface area contributed by atoms with Gasteiger partial charge in [-0.2, -0.15) is 77.4 Å². The van der Waals surface area contributed by atoms with Gasteiger partial charge >= 0.3 is 28.4 Å². The molecule has 4 aromatic carbocycles. The molecule has 0 spiro atoms. The third kappa shape index (κ3) is 8.07. The third-order valence-corrected chi connectivity index (χ3v) is 5.85.